The van der Waals surface area contributed by atoms with Crippen molar-refractivity contribution in [3.05, 3.63) is 53.0 Å². The molecule has 0 aliphatic heterocycles. The van der Waals surface area contributed by atoms with Crippen LogP contribution in [0.4, 0.5) is 15.8 Å². The van der Waals surface area contributed by atoms with Crippen LogP contribution >= 0.6 is 11.3 Å². The molecule has 0 unspecified atom stereocenters. The Balaban J connectivity index is 1.84. The lowest BCUT2D eigenvalue weighted by Crippen LogP contribution is -2.15. The van der Waals surface area contributed by atoms with E-state index in [0.717, 1.165) is 0 Å². The molecule has 1 aromatic carbocycles. The lowest BCUT2D eigenvalue weighted by atomic mass is 10.2. The standard InChI is InChI=1S/C17H14FN3O3S/c1-9-15(21-17(25-9)14-4-3-7-24-14)16(23)20-13-8-11(19-10(2)22)5-6-12(13)18/h3-8H,1-2H3,(H,19,22)(H,20,23). The van der Waals surface area contributed by atoms with Gasteiger partial charge in [0.05, 0.1) is 12.0 Å². The molecule has 0 aliphatic rings. The highest BCUT2D eigenvalue weighted by molar-refractivity contribution is 7.15. The topological polar surface area (TPSA) is 84.2 Å². The van der Waals surface area contributed by atoms with Crippen molar-refractivity contribution in [2.75, 3.05) is 10.6 Å². The largest absolute Gasteiger partial charge is 0.462 e. The van der Waals surface area contributed by atoms with Gasteiger partial charge in [-0.05, 0) is 37.3 Å². The Morgan fingerprint density at radius 3 is 2.72 bits per heavy atom. The molecule has 0 aliphatic carbocycles. The highest BCUT2D eigenvalue weighted by atomic mass is 32.1. The second-order valence-corrected chi connectivity index (χ2v) is 6.43. The first kappa shape index (κ1) is 16.8. The van der Waals surface area contributed by atoms with Crippen LogP contribution < -0.4 is 10.6 Å². The van der Waals surface area contributed by atoms with E-state index in [1.807, 2.05) is 0 Å². The average Bonchev–Trinajstić information content (AvgIpc) is 3.19. The minimum absolute atomic E-state index is 0.0387. The summed E-state index contributed by atoms with van der Waals surface area (Å²) in [6.07, 6.45) is 1.52. The lowest BCUT2D eigenvalue weighted by molar-refractivity contribution is -0.114. The Bertz CT molecular complexity index is 935. The summed E-state index contributed by atoms with van der Waals surface area (Å²) in [6, 6.07) is 7.41. The van der Waals surface area contributed by atoms with E-state index >= 15 is 0 Å². The van der Waals surface area contributed by atoms with Crippen LogP contribution in [0.3, 0.4) is 0 Å². The highest BCUT2D eigenvalue weighted by Crippen LogP contribution is 2.29. The van der Waals surface area contributed by atoms with Crippen LogP contribution in [-0.2, 0) is 4.79 Å². The number of aromatic nitrogens is 1. The van der Waals surface area contributed by atoms with Crippen molar-refractivity contribution in [3.8, 4) is 10.8 Å². The number of hydrogen-bond acceptors (Lipinski definition) is 5. The fraction of sp³-hybridized carbons (Fsp3) is 0.118. The molecule has 25 heavy (non-hydrogen) atoms. The molecule has 0 saturated carbocycles. The zero-order valence-electron chi connectivity index (χ0n) is 13.4. The molecule has 2 N–H and O–H groups in total. The van der Waals surface area contributed by atoms with E-state index in [1.165, 1.54) is 42.7 Å². The first-order chi connectivity index (χ1) is 11.9. The van der Waals surface area contributed by atoms with E-state index in [2.05, 4.69) is 15.6 Å². The summed E-state index contributed by atoms with van der Waals surface area (Å²) in [5.74, 6) is -0.875. The summed E-state index contributed by atoms with van der Waals surface area (Å²) in [7, 11) is 0. The van der Waals surface area contributed by atoms with Crippen LogP contribution in [0.2, 0.25) is 0 Å². The average molecular weight is 359 g/mol. The fourth-order valence-electron chi connectivity index (χ4n) is 2.20. The van der Waals surface area contributed by atoms with E-state index < -0.39 is 11.7 Å². The summed E-state index contributed by atoms with van der Waals surface area (Å²) in [5.41, 5.74) is 0.541. The Labute approximate surface area is 146 Å². The van der Waals surface area contributed by atoms with Crippen molar-refractivity contribution in [1.29, 1.82) is 0 Å². The Kier molecular flexibility index (Phi) is 4.62. The van der Waals surface area contributed by atoms with Crippen molar-refractivity contribution in [3.63, 3.8) is 0 Å². The molecule has 2 amide bonds. The van der Waals surface area contributed by atoms with Gasteiger partial charge in [-0.1, -0.05) is 0 Å². The SMILES string of the molecule is CC(=O)Nc1ccc(F)c(NC(=O)c2nc(-c3ccco3)sc2C)c1. The molecule has 0 fully saturated rings. The Morgan fingerprint density at radius 1 is 1.24 bits per heavy atom. The molecular formula is C17H14FN3O3S. The molecule has 8 heteroatoms. The van der Waals surface area contributed by atoms with E-state index in [-0.39, 0.29) is 17.3 Å². The number of furan rings is 1. The van der Waals surface area contributed by atoms with Crippen molar-refractivity contribution in [2.24, 2.45) is 0 Å². The number of aryl methyl sites for hydroxylation is 1. The van der Waals surface area contributed by atoms with Gasteiger partial charge in [-0.2, -0.15) is 0 Å². The maximum Gasteiger partial charge on any atom is 0.275 e. The van der Waals surface area contributed by atoms with Gasteiger partial charge in [0.1, 0.15) is 11.5 Å². The smallest absolute Gasteiger partial charge is 0.275 e. The van der Waals surface area contributed by atoms with Gasteiger partial charge in [-0.25, -0.2) is 9.37 Å². The molecule has 128 valence electrons. The summed E-state index contributed by atoms with van der Waals surface area (Å²) >= 11 is 1.31. The van der Waals surface area contributed by atoms with Gasteiger partial charge in [0.25, 0.3) is 5.91 Å². The number of nitrogens with one attached hydrogen (secondary N) is 2. The number of hydrogen-bond donors (Lipinski definition) is 2. The second kappa shape index (κ2) is 6.86. The number of rotatable bonds is 4. The van der Waals surface area contributed by atoms with Crippen LogP contribution in [0, 0.1) is 12.7 Å². The summed E-state index contributed by atoms with van der Waals surface area (Å²) in [6.45, 7) is 3.10. The number of nitrogens with zero attached hydrogens (tertiary/aromatic N) is 1. The third kappa shape index (κ3) is 3.74. The van der Waals surface area contributed by atoms with Gasteiger partial charge in [0.2, 0.25) is 5.91 Å². The lowest BCUT2D eigenvalue weighted by Gasteiger charge is -2.08. The first-order valence-electron chi connectivity index (χ1n) is 7.34. The van der Waals surface area contributed by atoms with E-state index in [0.29, 0.717) is 21.3 Å². The number of thiazole rings is 1. The van der Waals surface area contributed by atoms with Crippen LogP contribution in [0.5, 0.6) is 0 Å². The molecule has 3 rings (SSSR count). The summed E-state index contributed by atoms with van der Waals surface area (Å²) in [5, 5.41) is 5.59. The van der Waals surface area contributed by atoms with Gasteiger partial charge in [-0.15, -0.1) is 11.3 Å². The second-order valence-electron chi connectivity index (χ2n) is 5.23. The van der Waals surface area contributed by atoms with Crippen molar-refractivity contribution >= 4 is 34.5 Å². The zero-order chi connectivity index (χ0) is 18.0. The number of benzene rings is 1. The molecule has 0 saturated heterocycles. The normalized spacial score (nSPS) is 10.5. The van der Waals surface area contributed by atoms with Crippen molar-refractivity contribution in [1.82, 2.24) is 4.98 Å². The van der Waals surface area contributed by atoms with E-state index in [1.54, 1.807) is 19.1 Å². The zero-order valence-corrected chi connectivity index (χ0v) is 14.2. The van der Waals surface area contributed by atoms with Crippen molar-refractivity contribution < 1.29 is 18.4 Å². The van der Waals surface area contributed by atoms with Gasteiger partial charge in [-0.3, -0.25) is 9.59 Å². The minimum Gasteiger partial charge on any atom is -0.462 e. The number of carbonyl (C=O) groups is 2. The first-order valence-corrected chi connectivity index (χ1v) is 8.15. The van der Waals surface area contributed by atoms with E-state index in [4.69, 9.17) is 4.42 Å². The van der Waals surface area contributed by atoms with E-state index in [9.17, 15) is 14.0 Å². The summed E-state index contributed by atoms with van der Waals surface area (Å²) < 4.78 is 19.2. The molecular weight excluding hydrogens is 345 g/mol. The maximum absolute atomic E-state index is 14.0. The minimum atomic E-state index is -0.610. The predicted octanol–water partition coefficient (Wildman–Crippen LogP) is 4.06. The monoisotopic (exact) mass is 359 g/mol. The predicted molar refractivity (Wildman–Crippen MR) is 93.2 cm³/mol. The number of halogens is 1. The highest BCUT2D eigenvalue weighted by Gasteiger charge is 2.19. The molecule has 0 atom stereocenters. The van der Waals surface area contributed by atoms with Crippen molar-refractivity contribution in [2.45, 2.75) is 13.8 Å². The Morgan fingerprint density at radius 2 is 2.04 bits per heavy atom. The quantitative estimate of drug-likeness (QED) is 0.736. The fourth-order valence-corrected chi connectivity index (χ4v) is 3.08. The Hall–Kier alpha value is -3.00. The molecule has 6 nitrogen and oxygen atoms in total. The van der Waals surface area contributed by atoms with Crippen LogP contribution in [0.15, 0.2) is 41.0 Å². The van der Waals surface area contributed by atoms with Crippen LogP contribution in [0.1, 0.15) is 22.3 Å². The van der Waals surface area contributed by atoms with Gasteiger partial charge >= 0.3 is 0 Å². The molecule has 0 spiro atoms. The molecule has 2 heterocycles. The number of anilines is 2. The third-order valence-electron chi connectivity index (χ3n) is 3.28. The molecule has 0 bridgehead atoms. The molecule has 0 radical (unpaired) electrons. The molecule has 3 aromatic rings. The van der Waals surface area contributed by atoms with Crippen LogP contribution in [0.25, 0.3) is 10.8 Å². The van der Waals surface area contributed by atoms with Crippen LogP contribution in [-0.4, -0.2) is 16.8 Å². The third-order valence-corrected chi connectivity index (χ3v) is 4.26. The number of amides is 2. The van der Waals surface area contributed by atoms with Gasteiger partial charge in [0, 0.05) is 17.5 Å². The number of carbonyl (C=O) groups excluding carboxylic acids is 2. The summed E-state index contributed by atoms with van der Waals surface area (Å²) in [4.78, 5) is 28.5. The van der Waals surface area contributed by atoms with Gasteiger partial charge < -0.3 is 15.1 Å². The maximum atomic E-state index is 14.0. The molecule has 2 aromatic heterocycles. The van der Waals surface area contributed by atoms with Gasteiger partial charge in [0.15, 0.2) is 10.8 Å².